The molecule has 1 amide bonds. The summed E-state index contributed by atoms with van der Waals surface area (Å²) in [5.41, 5.74) is -0.229. The molecular formula is C18H23F3N2O2. The van der Waals surface area contributed by atoms with Crippen LogP contribution >= 0.6 is 0 Å². The minimum absolute atomic E-state index is 0.156. The number of halogens is 3. The van der Waals surface area contributed by atoms with Crippen LogP contribution in [0.15, 0.2) is 24.3 Å². The molecule has 138 valence electrons. The number of piperidine rings is 1. The van der Waals surface area contributed by atoms with E-state index in [-0.39, 0.29) is 17.9 Å². The lowest BCUT2D eigenvalue weighted by atomic mass is 10.0. The maximum Gasteiger partial charge on any atom is 0.416 e. The smallest absolute Gasteiger partial charge is 0.387 e. The Labute approximate surface area is 145 Å². The van der Waals surface area contributed by atoms with Gasteiger partial charge in [-0.25, -0.2) is 0 Å². The Bertz CT molecular complexity index is 591. The molecule has 0 radical (unpaired) electrons. The van der Waals surface area contributed by atoms with E-state index in [0.29, 0.717) is 12.1 Å². The van der Waals surface area contributed by atoms with Gasteiger partial charge in [-0.15, -0.1) is 0 Å². The lowest BCUT2D eigenvalue weighted by molar-refractivity contribution is -0.137. The van der Waals surface area contributed by atoms with Crippen molar-refractivity contribution in [3.63, 3.8) is 0 Å². The summed E-state index contributed by atoms with van der Waals surface area (Å²) in [6, 6.07) is 4.84. The summed E-state index contributed by atoms with van der Waals surface area (Å²) in [4.78, 5) is 13.9. The highest BCUT2D eigenvalue weighted by Gasteiger charge is 2.32. The largest absolute Gasteiger partial charge is 0.416 e. The predicted molar refractivity (Wildman–Crippen MR) is 86.7 cm³/mol. The molecule has 0 aromatic heterocycles. The number of aliphatic hydroxyl groups is 1. The van der Waals surface area contributed by atoms with Crippen LogP contribution in [0.3, 0.4) is 0 Å². The number of aliphatic hydroxyl groups excluding tert-OH is 1. The maximum absolute atomic E-state index is 12.6. The molecule has 0 unspecified atom stereocenters. The summed E-state index contributed by atoms with van der Waals surface area (Å²) < 4.78 is 37.7. The number of carbonyl (C=O) groups is 1. The molecule has 7 heteroatoms. The Morgan fingerprint density at radius 3 is 2.28 bits per heavy atom. The molecule has 2 N–H and O–H groups in total. The Morgan fingerprint density at radius 2 is 1.76 bits per heavy atom. The van der Waals surface area contributed by atoms with Crippen molar-refractivity contribution in [3.05, 3.63) is 35.4 Å². The number of likely N-dealkylation sites (tertiary alicyclic amines) is 1. The van der Waals surface area contributed by atoms with Crippen molar-refractivity contribution in [1.82, 2.24) is 10.2 Å². The third-order valence-electron chi connectivity index (χ3n) is 4.94. The van der Waals surface area contributed by atoms with Gasteiger partial charge in [-0.3, -0.25) is 4.79 Å². The molecule has 25 heavy (non-hydrogen) atoms. The van der Waals surface area contributed by atoms with Crippen molar-refractivity contribution in [3.8, 4) is 0 Å². The minimum atomic E-state index is -4.36. The molecule has 1 aliphatic heterocycles. The van der Waals surface area contributed by atoms with Gasteiger partial charge in [-0.1, -0.05) is 12.1 Å². The molecule has 1 saturated heterocycles. The Balaban J connectivity index is 1.45. The first kappa shape index (κ1) is 18.2. The number of alkyl halides is 3. The molecule has 1 aliphatic carbocycles. The fraction of sp³-hybridized carbons (Fsp3) is 0.611. The summed E-state index contributed by atoms with van der Waals surface area (Å²) in [5.74, 6) is 0.364. The van der Waals surface area contributed by atoms with E-state index < -0.39 is 17.8 Å². The van der Waals surface area contributed by atoms with E-state index in [2.05, 4.69) is 10.2 Å². The SMILES string of the molecule is O=C(NC1CCN(C[C@H](O)c2ccc(C(F)(F)F)cc2)CC1)C1CC1. The van der Waals surface area contributed by atoms with Crippen LogP contribution in [0, 0.1) is 5.92 Å². The molecule has 3 rings (SSSR count). The van der Waals surface area contributed by atoms with Crippen LogP contribution < -0.4 is 5.32 Å². The zero-order valence-corrected chi connectivity index (χ0v) is 13.9. The number of rotatable bonds is 5. The van der Waals surface area contributed by atoms with E-state index in [1.165, 1.54) is 12.1 Å². The van der Waals surface area contributed by atoms with Gasteiger partial charge in [0.25, 0.3) is 0 Å². The first-order chi connectivity index (χ1) is 11.8. The van der Waals surface area contributed by atoms with Crippen LogP contribution in [0.5, 0.6) is 0 Å². The Kier molecular flexibility index (Phi) is 5.34. The number of nitrogens with one attached hydrogen (secondary N) is 1. The lowest BCUT2D eigenvalue weighted by Crippen LogP contribution is -2.46. The molecule has 1 aromatic rings. The molecule has 0 spiro atoms. The number of nitrogens with zero attached hydrogens (tertiary/aromatic N) is 1. The second kappa shape index (κ2) is 7.33. The number of hydrogen-bond donors (Lipinski definition) is 2. The van der Waals surface area contributed by atoms with Gasteiger partial charge in [0, 0.05) is 31.6 Å². The first-order valence-electron chi connectivity index (χ1n) is 8.71. The molecule has 2 aliphatic rings. The second-order valence-electron chi connectivity index (χ2n) is 6.99. The summed E-state index contributed by atoms with van der Waals surface area (Å²) in [7, 11) is 0. The van der Waals surface area contributed by atoms with E-state index in [1.54, 1.807) is 0 Å². The Hall–Kier alpha value is -1.60. The zero-order valence-electron chi connectivity index (χ0n) is 13.9. The third-order valence-corrected chi connectivity index (χ3v) is 4.94. The predicted octanol–water partition coefficient (Wildman–Crippen LogP) is 2.73. The van der Waals surface area contributed by atoms with Crippen LogP contribution in [0.4, 0.5) is 13.2 Å². The first-order valence-corrected chi connectivity index (χ1v) is 8.71. The van der Waals surface area contributed by atoms with Gasteiger partial charge < -0.3 is 15.3 Å². The topological polar surface area (TPSA) is 52.6 Å². The fourth-order valence-electron chi connectivity index (χ4n) is 3.17. The van der Waals surface area contributed by atoms with Gasteiger partial charge in [-0.2, -0.15) is 13.2 Å². The number of carbonyl (C=O) groups excluding carboxylic acids is 1. The number of benzene rings is 1. The molecule has 1 atom stereocenters. The van der Waals surface area contributed by atoms with Crippen LogP contribution in [-0.2, 0) is 11.0 Å². The van der Waals surface area contributed by atoms with Gasteiger partial charge >= 0.3 is 6.18 Å². The highest BCUT2D eigenvalue weighted by Crippen LogP contribution is 2.31. The molecule has 1 heterocycles. The number of hydrogen-bond acceptors (Lipinski definition) is 3. The van der Waals surface area contributed by atoms with E-state index in [4.69, 9.17) is 0 Å². The van der Waals surface area contributed by atoms with Crippen molar-refractivity contribution in [2.45, 2.75) is 44.0 Å². The fourth-order valence-corrected chi connectivity index (χ4v) is 3.17. The van der Waals surface area contributed by atoms with Gasteiger partial charge in [0.15, 0.2) is 0 Å². The van der Waals surface area contributed by atoms with Gasteiger partial charge in [0.1, 0.15) is 0 Å². The maximum atomic E-state index is 12.6. The van der Waals surface area contributed by atoms with Crippen molar-refractivity contribution in [2.75, 3.05) is 19.6 Å². The summed E-state index contributed by atoms with van der Waals surface area (Å²) in [6.07, 6.45) is -1.54. The van der Waals surface area contributed by atoms with Gasteiger partial charge in [0.05, 0.1) is 11.7 Å². The van der Waals surface area contributed by atoms with E-state index >= 15 is 0 Å². The monoisotopic (exact) mass is 356 g/mol. The third kappa shape index (κ3) is 4.95. The normalized spacial score (nSPS) is 21.1. The van der Waals surface area contributed by atoms with E-state index in [0.717, 1.165) is 50.9 Å². The quantitative estimate of drug-likeness (QED) is 0.853. The lowest BCUT2D eigenvalue weighted by Gasteiger charge is -2.33. The van der Waals surface area contributed by atoms with Crippen LogP contribution in [0.2, 0.25) is 0 Å². The molecule has 1 aromatic carbocycles. The van der Waals surface area contributed by atoms with E-state index in [9.17, 15) is 23.1 Å². The second-order valence-corrected chi connectivity index (χ2v) is 6.99. The van der Waals surface area contributed by atoms with Crippen molar-refractivity contribution >= 4 is 5.91 Å². The Morgan fingerprint density at radius 1 is 1.16 bits per heavy atom. The average molecular weight is 356 g/mol. The molecule has 2 fully saturated rings. The molecule has 0 bridgehead atoms. The van der Waals surface area contributed by atoms with Crippen molar-refractivity contribution in [2.24, 2.45) is 5.92 Å². The van der Waals surface area contributed by atoms with E-state index in [1.807, 2.05) is 0 Å². The summed E-state index contributed by atoms with van der Waals surface area (Å²) >= 11 is 0. The summed E-state index contributed by atoms with van der Waals surface area (Å²) in [6.45, 7) is 1.90. The van der Waals surface area contributed by atoms with Gasteiger partial charge in [-0.05, 0) is 43.4 Å². The van der Waals surface area contributed by atoms with Crippen LogP contribution in [0.25, 0.3) is 0 Å². The van der Waals surface area contributed by atoms with Crippen LogP contribution in [0.1, 0.15) is 42.9 Å². The molecule has 1 saturated carbocycles. The summed E-state index contributed by atoms with van der Waals surface area (Å²) in [5, 5.41) is 13.3. The highest BCUT2D eigenvalue weighted by atomic mass is 19.4. The van der Waals surface area contributed by atoms with Crippen molar-refractivity contribution < 1.29 is 23.1 Å². The molecular weight excluding hydrogens is 333 g/mol. The van der Waals surface area contributed by atoms with Crippen molar-refractivity contribution in [1.29, 1.82) is 0 Å². The number of β-amino-alcohol motifs (C(OH)–C–C–N with tert-alkyl or cyclic N) is 1. The highest BCUT2D eigenvalue weighted by molar-refractivity contribution is 5.81. The van der Waals surface area contributed by atoms with Crippen LogP contribution in [-0.4, -0.2) is 41.6 Å². The standard InChI is InChI=1S/C18H23F3N2O2/c19-18(20,21)14-5-3-12(4-6-14)16(24)11-23-9-7-15(8-10-23)22-17(25)13-1-2-13/h3-6,13,15-16,24H,1-2,7-11H2,(H,22,25)/t16-/m0/s1. The zero-order chi connectivity index (χ0) is 18.0. The average Bonchev–Trinajstić information content (AvgIpc) is 3.41. The van der Waals surface area contributed by atoms with Gasteiger partial charge in [0.2, 0.25) is 5.91 Å². The number of amides is 1. The minimum Gasteiger partial charge on any atom is -0.387 e. The molecule has 4 nitrogen and oxygen atoms in total.